The summed E-state index contributed by atoms with van der Waals surface area (Å²) in [5, 5.41) is 13.0. The Morgan fingerprint density at radius 2 is 2.15 bits per heavy atom. The second kappa shape index (κ2) is 4.48. The number of fused-ring (bicyclic) bond motifs is 1. The normalized spacial score (nSPS) is 17.1. The standard InChI is InChI=1S/C14H12N2O4/c1-8-6-12(20-15-8)13(17)16-10-5-3-2-4-9(10)7-11(16)14(18)19/h2-6,11H,7H2,1H3,(H,18,19)/t11-/m0/s1. The summed E-state index contributed by atoms with van der Waals surface area (Å²) in [5.74, 6) is -1.47. The largest absolute Gasteiger partial charge is 0.480 e. The fraction of sp³-hybridized carbons (Fsp3) is 0.214. The predicted molar refractivity (Wildman–Crippen MR) is 69.6 cm³/mol. The van der Waals surface area contributed by atoms with Crippen molar-refractivity contribution in [3.63, 3.8) is 0 Å². The molecule has 0 spiro atoms. The smallest absolute Gasteiger partial charge is 0.327 e. The molecule has 0 fully saturated rings. The molecule has 3 rings (SSSR count). The Morgan fingerprint density at radius 3 is 2.80 bits per heavy atom. The maximum atomic E-state index is 12.5. The van der Waals surface area contributed by atoms with Crippen LogP contribution < -0.4 is 4.90 Å². The molecule has 1 aliphatic rings. The van der Waals surface area contributed by atoms with Gasteiger partial charge in [-0.2, -0.15) is 0 Å². The minimum Gasteiger partial charge on any atom is -0.480 e. The Hall–Kier alpha value is -2.63. The molecule has 6 heteroatoms. The molecule has 2 heterocycles. The van der Waals surface area contributed by atoms with Gasteiger partial charge in [0.05, 0.1) is 5.69 Å². The molecular weight excluding hydrogens is 260 g/mol. The first-order valence-electron chi connectivity index (χ1n) is 6.15. The van der Waals surface area contributed by atoms with Gasteiger partial charge in [-0.1, -0.05) is 23.4 Å². The van der Waals surface area contributed by atoms with Gasteiger partial charge in [-0.15, -0.1) is 0 Å². The molecule has 1 aliphatic heterocycles. The van der Waals surface area contributed by atoms with Crippen LogP contribution >= 0.6 is 0 Å². The maximum absolute atomic E-state index is 12.5. The van der Waals surface area contributed by atoms with Gasteiger partial charge in [-0.3, -0.25) is 9.69 Å². The van der Waals surface area contributed by atoms with Crippen molar-refractivity contribution in [3.8, 4) is 0 Å². The summed E-state index contributed by atoms with van der Waals surface area (Å²) in [6.07, 6.45) is 0.296. The first-order valence-corrected chi connectivity index (χ1v) is 6.15. The molecule has 1 atom stereocenters. The van der Waals surface area contributed by atoms with Crippen LogP contribution in [0.4, 0.5) is 5.69 Å². The number of rotatable bonds is 2. The fourth-order valence-corrected chi connectivity index (χ4v) is 2.42. The second-order valence-corrected chi connectivity index (χ2v) is 4.69. The first kappa shape index (κ1) is 12.4. The van der Waals surface area contributed by atoms with Crippen LogP contribution in [-0.4, -0.2) is 28.2 Å². The van der Waals surface area contributed by atoms with Gasteiger partial charge in [0.2, 0.25) is 5.76 Å². The molecular formula is C14H12N2O4. The number of aliphatic carboxylic acids is 1. The van der Waals surface area contributed by atoms with Gasteiger partial charge in [-0.05, 0) is 18.6 Å². The van der Waals surface area contributed by atoms with E-state index >= 15 is 0 Å². The summed E-state index contributed by atoms with van der Waals surface area (Å²) in [5.41, 5.74) is 2.02. The summed E-state index contributed by atoms with van der Waals surface area (Å²) in [6, 6.07) is 7.75. The quantitative estimate of drug-likeness (QED) is 0.898. The van der Waals surface area contributed by atoms with Gasteiger partial charge < -0.3 is 9.63 Å². The van der Waals surface area contributed by atoms with E-state index in [9.17, 15) is 14.7 Å². The lowest BCUT2D eigenvalue weighted by Gasteiger charge is -2.21. The van der Waals surface area contributed by atoms with E-state index in [1.165, 1.54) is 11.0 Å². The monoisotopic (exact) mass is 272 g/mol. The molecule has 0 radical (unpaired) electrons. The molecule has 0 saturated carbocycles. The van der Waals surface area contributed by atoms with Crippen molar-refractivity contribution >= 4 is 17.6 Å². The third-order valence-electron chi connectivity index (χ3n) is 3.32. The zero-order chi connectivity index (χ0) is 14.3. The van der Waals surface area contributed by atoms with Gasteiger partial charge >= 0.3 is 5.97 Å². The van der Waals surface area contributed by atoms with E-state index in [4.69, 9.17) is 4.52 Å². The minimum absolute atomic E-state index is 0.0467. The van der Waals surface area contributed by atoms with Crippen LogP contribution in [0.5, 0.6) is 0 Å². The molecule has 1 N–H and O–H groups in total. The summed E-state index contributed by atoms with van der Waals surface area (Å²) < 4.78 is 4.95. The zero-order valence-electron chi connectivity index (χ0n) is 10.7. The van der Waals surface area contributed by atoms with Crippen molar-refractivity contribution in [1.82, 2.24) is 5.16 Å². The number of benzene rings is 1. The van der Waals surface area contributed by atoms with Crippen LogP contribution in [0.1, 0.15) is 21.8 Å². The van der Waals surface area contributed by atoms with E-state index in [2.05, 4.69) is 5.16 Å². The highest BCUT2D eigenvalue weighted by molar-refractivity contribution is 6.09. The van der Waals surface area contributed by atoms with Gasteiger partial charge in [0.15, 0.2) is 0 Å². The van der Waals surface area contributed by atoms with Crippen LogP contribution in [-0.2, 0) is 11.2 Å². The summed E-state index contributed by atoms with van der Waals surface area (Å²) >= 11 is 0. The highest BCUT2D eigenvalue weighted by Crippen LogP contribution is 2.33. The number of aryl methyl sites for hydroxylation is 1. The third-order valence-corrected chi connectivity index (χ3v) is 3.32. The van der Waals surface area contributed by atoms with Gasteiger partial charge in [0.1, 0.15) is 6.04 Å². The Morgan fingerprint density at radius 1 is 1.40 bits per heavy atom. The summed E-state index contributed by atoms with van der Waals surface area (Å²) in [7, 11) is 0. The number of carbonyl (C=O) groups is 2. The van der Waals surface area contributed by atoms with Gasteiger partial charge in [-0.25, -0.2) is 4.79 Å². The number of nitrogens with zero attached hydrogens (tertiary/aromatic N) is 2. The molecule has 6 nitrogen and oxygen atoms in total. The average molecular weight is 272 g/mol. The van der Waals surface area contributed by atoms with E-state index in [0.29, 0.717) is 17.8 Å². The molecule has 0 saturated heterocycles. The van der Waals surface area contributed by atoms with E-state index in [1.807, 2.05) is 12.1 Å². The summed E-state index contributed by atoms with van der Waals surface area (Å²) in [4.78, 5) is 25.1. The molecule has 1 aromatic heterocycles. The van der Waals surface area contributed by atoms with Crippen molar-refractivity contribution in [2.45, 2.75) is 19.4 Å². The average Bonchev–Trinajstić information content (AvgIpc) is 3.01. The number of carbonyl (C=O) groups excluding carboxylic acids is 1. The zero-order valence-corrected chi connectivity index (χ0v) is 10.7. The molecule has 0 unspecified atom stereocenters. The van der Waals surface area contributed by atoms with Crippen molar-refractivity contribution in [1.29, 1.82) is 0 Å². The molecule has 2 aromatic rings. The maximum Gasteiger partial charge on any atom is 0.327 e. The predicted octanol–water partition coefficient (Wildman–Crippen LogP) is 1.64. The lowest BCUT2D eigenvalue weighted by molar-refractivity contribution is -0.138. The van der Waals surface area contributed by atoms with Crippen molar-refractivity contribution < 1.29 is 19.2 Å². The number of carboxylic acid groups (broad SMARTS) is 1. The Bertz CT molecular complexity index is 692. The van der Waals surface area contributed by atoms with Crippen LogP contribution in [0.15, 0.2) is 34.9 Å². The van der Waals surface area contributed by atoms with E-state index in [0.717, 1.165) is 5.56 Å². The topological polar surface area (TPSA) is 83.6 Å². The van der Waals surface area contributed by atoms with Crippen molar-refractivity contribution in [2.75, 3.05) is 4.90 Å². The number of aromatic nitrogens is 1. The molecule has 20 heavy (non-hydrogen) atoms. The molecule has 102 valence electrons. The number of carboxylic acids is 1. The Kier molecular flexibility index (Phi) is 2.78. The number of hydrogen-bond acceptors (Lipinski definition) is 4. The van der Waals surface area contributed by atoms with Gasteiger partial charge in [0.25, 0.3) is 5.91 Å². The SMILES string of the molecule is Cc1cc(C(=O)N2c3ccccc3C[C@H]2C(=O)O)on1. The van der Waals surface area contributed by atoms with Crippen LogP contribution in [0.2, 0.25) is 0 Å². The summed E-state index contributed by atoms with van der Waals surface area (Å²) in [6.45, 7) is 1.70. The fourth-order valence-electron chi connectivity index (χ4n) is 2.42. The third kappa shape index (κ3) is 1.85. The lowest BCUT2D eigenvalue weighted by atomic mass is 10.1. The van der Waals surface area contributed by atoms with Gasteiger partial charge in [0, 0.05) is 18.2 Å². The number of para-hydroxylation sites is 1. The second-order valence-electron chi connectivity index (χ2n) is 4.69. The number of amides is 1. The molecule has 0 bridgehead atoms. The Balaban J connectivity index is 2.04. The Labute approximate surface area is 114 Å². The highest BCUT2D eigenvalue weighted by Gasteiger charge is 2.39. The molecule has 1 aromatic carbocycles. The number of hydrogen-bond donors (Lipinski definition) is 1. The van der Waals surface area contributed by atoms with Crippen LogP contribution in [0.25, 0.3) is 0 Å². The molecule has 0 aliphatic carbocycles. The van der Waals surface area contributed by atoms with E-state index in [1.54, 1.807) is 19.1 Å². The molecule has 1 amide bonds. The first-order chi connectivity index (χ1) is 9.58. The van der Waals surface area contributed by atoms with Crippen LogP contribution in [0, 0.1) is 6.92 Å². The minimum atomic E-state index is -1.04. The van der Waals surface area contributed by atoms with Crippen molar-refractivity contribution in [3.05, 3.63) is 47.3 Å². The van der Waals surface area contributed by atoms with Crippen molar-refractivity contribution in [2.24, 2.45) is 0 Å². The van der Waals surface area contributed by atoms with E-state index in [-0.39, 0.29) is 5.76 Å². The lowest BCUT2D eigenvalue weighted by Crippen LogP contribution is -2.42. The van der Waals surface area contributed by atoms with E-state index < -0.39 is 17.9 Å². The van der Waals surface area contributed by atoms with Crippen LogP contribution in [0.3, 0.4) is 0 Å². The number of anilines is 1. The highest BCUT2D eigenvalue weighted by atomic mass is 16.5.